The zero-order chi connectivity index (χ0) is 14.7. The lowest BCUT2D eigenvalue weighted by atomic mass is 10.0. The number of nitriles is 1. The number of hydrogen-bond donors (Lipinski definition) is 2. The highest BCUT2D eigenvalue weighted by molar-refractivity contribution is 5.61. The van der Waals surface area contributed by atoms with Crippen LogP contribution >= 0.6 is 0 Å². The minimum atomic E-state index is -0.0792. The summed E-state index contributed by atoms with van der Waals surface area (Å²) in [5.41, 5.74) is 4.22. The second-order valence-corrected chi connectivity index (χ2v) is 5.04. The van der Waals surface area contributed by atoms with Crippen molar-refractivity contribution in [1.29, 1.82) is 5.26 Å². The van der Waals surface area contributed by atoms with Crippen LogP contribution in [0.25, 0.3) is 0 Å². The maximum absolute atomic E-state index is 10.0. The molecule has 0 aromatic heterocycles. The minimum absolute atomic E-state index is 0.0792. The van der Waals surface area contributed by atoms with Crippen molar-refractivity contribution in [2.75, 3.05) is 5.32 Å². The van der Waals surface area contributed by atoms with Crippen molar-refractivity contribution in [3.8, 4) is 11.8 Å². The van der Waals surface area contributed by atoms with Crippen molar-refractivity contribution < 1.29 is 5.11 Å². The molecule has 3 nitrogen and oxygen atoms in total. The number of aryl methyl sites for hydroxylation is 2. The van der Waals surface area contributed by atoms with Gasteiger partial charge in [-0.2, -0.15) is 5.26 Å². The van der Waals surface area contributed by atoms with E-state index in [4.69, 9.17) is 0 Å². The molecule has 0 heterocycles. The normalized spacial score (nSPS) is 11.7. The SMILES string of the molecule is Cc1ccc(C(C)Nc2cccc(C)c2C#N)c(O)c1. The van der Waals surface area contributed by atoms with E-state index < -0.39 is 0 Å². The Hall–Kier alpha value is -2.47. The molecular formula is C17H18N2O. The number of aromatic hydroxyl groups is 1. The van der Waals surface area contributed by atoms with Crippen LogP contribution in [0.2, 0.25) is 0 Å². The van der Waals surface area contributed by atoms with E-state index in [2.05, 4.69) is 11.4 Å². The molecule has 0 fully saturated rings. The summed E-state index contributed by atoms with van der Waals surface area (Å²) in [5.74, 6) is 0.274. The number of hydrogen-bond acceptors (Lipinski definition) is 3. The van der Waals surface area contributed by atoms with Crippen molar-refractivity contribution in [2.45, 2.75) is 26.8 Å². The van der Waals surface area contributed by atoms with Gasteiger partial charge < -0.3 is 10.4 Å². The first-order valence-corrected chi connectivity index (χ1v) is 6.58. The summed E-state index contributed by atoms with van der Waals surface area (Å²) < 4.78 is 0. The molecular weight excluding hydrogens is 248 g/mol. The number of benzene rings is 2. The van der Waals surface area contributed by atoms with Gasteiger partial charge in [-0.3, -0.25) is 0 Å². The third-order valence-corrected chi connectivity index (χ3v) is 3.41. The molecule has 1 unspecified atom stereocenters. The molecule has 2 aromatic rings. The summed E-state index contributed by atoms with van der Waals surface area (Å²) in [4.78, 5) is 0. The van der Waals surface area contributed by atoms with E-state index in [-0.39, 0.29) is 11.8 Å². The molecule has 0 spiro atoms. The van der Waals surface area contributed by atoms with Crippen LogP contribution < -0.4 is 5.32 Å². The largest absolute Gasteiger partial charge is 0.508 e. The summed E-state index contributed by atoms with van der Waals surface area (Å²) in [6, 6.07) is 13.5. The van der Waals surface area contributed by atoms with Gasteiger partial charge in [0.1, 0.15) is 11.8 Å². The second kappa shape index (κ2) is 5.66. The van der Waals surface area contributed by atoms with Gasteiger partial charge in [0, 0.05) is 5.56 Å². The molecule has 0 amide bonds. The summed E-state index contributed by atoms with van der Waals surface area (Å²) in [7, 11) is 0. The fourth-order valence-electron chi connectivity index (χ4n) is 2.27. The predicted octanol–water partition coefficient (Wildman–Crippen LogP) is 4.05. The third-order valence-electron chi connectivity index (χ3n) is 3.41. The Morgan fingerprint density at radius 2 is 1.95 bits per heavy atom. The Balaban J connectivity index is 2.31. The van der Waals surface area contributed by atoms with Gasteiger partial charge in [0.2, 0.25) is 0 Å². The van der Waals surface area contributed by atoms with Crippen LogP contribution in [0.3, 0.4) is 0 Å². The molecule has 0 saturated carbocycles. The zero-order valence-corrected chi connectivity index (χ0v) is 11.9. The number of nitrogens with zero attached hydrogens (tertiary/aromatic N) is 1. The van der Waals surface area contributed by atoms with Crippen LogP contribution in [-0.2, 0) is 0 Å². The standard InChI is InChI=1S/C17H18N2O/c1-11-7-8-14(17(20)9-11)13(3)19-16-6-4-5-12(2)15(16)10-18/h4-9,13,19-20H,1-3H3. The molecule has 0 saturated heterocycles. The highest BCUT2D eigenvalue weighted by Gasteiger charge is 2.13. The third kappa shape index (κ3) is 2.75. The van der Waals surface area contributed by atoms with Gasteiger partial charge in [-0.15, -0.1) is 0 Å². The molecule has 2 N–H and O–H groups in total. The molecule has 102 valence electrons. The van der Waals surface area contributed by atoms with Crippen LogP contribution in [-0.4, -0.2) is 5.11 Å². The molecule has 2 rings (SSSR count). The number of rotatable bonds is 3. The molecule has 2 aromatic carbocycles. The summed E-state index contributed by atoms with van der Waals surface area (Å²) in [6.45, 7) is 5.82. The first-order chi connectivity index (χ1) is 9.52. The lowest BCUT2D eigenvalue weighted by Crippen LogP contribution is -2.08. The number of nitrogens with one attached hydrogen (secondary N) is 1. The number of anilines is 1. The number of phenolic OH excluding ortho intramolecular Hbond substituents is 1. The zero-order valence-electron chi connectivity index (χ0n) is 11.9. The van der Waals surface area contributed by atoms with E-state index in [0.717, 1.165) is 22.4 Å². The minimum Gasteiger partial charge on any atom is -0.508 e. The van der Waals surface area contributed by atoms with E-state index in [1.807, 2.05) is 51.1 Å². The monoisotopic (exact) mass is 266 g/mol. The van der Waals surface area contributed by atoms with Gasteiger partial charge in [0.25, 0.3) is 0 Å². The number of phenols is 1. The van der Waals surface area contributed by atoms with Crippen LogP contribution in [0.1, 0.15) is 35.2 Å². The maximum Gasteiger partial charge on any atom is 0.121 e. The summed E-state index contributed by atoms with van der Waals surface area (Å²) in [5, 5.41) is 22.5. The quantitative estimate of drug-likeness (QED) is 0.881. The first kappa shape index (κ1) is 14.0. The van der Waals surface area contributed by atoms with E-state index in [1.54, 1.807) is 6.07 Å². The molecule has 0 aliphatic carbocycles. The van der Waals surface area contributed by atoms with Crippen molar-refractivity contribution in [2.24, 2.45) is 0 Å². The fourth-order valence-corrected chi connectivity index (χ4v) is 2.27. The van der Waals surface area contributed by atoms with E-state index in [1.165, 1.54) is 0 Å². The van der Waals surface area contributed by atoms with Gasteiger partial charge in [0.15, 0.2) is 0 Å². The average molecular weight is 266 g/mol. The van der Waals surface area contributed by atoms with E-state index >= 15 is 0 Å². The Morgan fingerprint density at radius 1 is 1.20 bits per heavy atom. The average Bonchev–Trinajstić information content (AvgIpc) is 2.38. The van der Waals surface area contributed by atoms with E-state index in [0.29, 0.717) is 5.56 Å². The van der Waals surface area contributed by atoms with Crippen LogP contribution in [0.5, 0.6) is 5.75 Å². The van der Waals surface area contributed by atoms with E-state index in [9.17, 15) is 10.4 Å². The van der Waals surface area contributed by atoms with Crippen molar-refractivity contribution in [1.82, 2.24) is 0 Å². The molecule has 20 heavy (non-hydrogen) atoms. The summed E-state index contributed by atoms with van der Waals surface area (Å²) in [6.07, 6.45) is 0. The molecule has 0 radical (unpaired) electrons. The Labute approximate surface area is 119 Å². The topological polar surface area (TPSA) is 56.0 Å². The molecule has 0 aliphatic heterocycles. The van der Waals surface area contributed by atoms with Crippen molar-refractivity contribution in [3.63, 3.8) is 0 Å². The Kier molecular flexibility index (Phi) is 3.95. The highest BCUT2D eigenvalue weighted by Crippen LogP contribution is 2.29. The lowest BCUT2D eigenvalue weighted by Gasteiger charge is -2.18. The highest BCUT2D eigenvalue weighted by atomic mass is 16.3. The smallest absolute Gasteiger partial charge is 0.121 e. The molecule has 1 atom stereocenters. The Bertz CT molecular complexity index is 671. The Morgan fingerprint density at radius 3 is 2.60 bits per heavy atom. The van der Waals surface area contributed by atoms with Crippen LogP contribution in [0.15, 0.2) is 36.4 Å². The molecule has 0 aliphatic rings. The maximum atomic E-state index is 10.0. The second-order valence-electron chi connectivity index (χ2n) is 5.04. The molecule has 3 heteroatoms. The van der Waals surface area contributed by atoms with Gasteiger partial charge in [-0.25, -0.2) is 0 Å². The summed E-state index contributed by atoms with van der Waals surface area (Å²) >= 11 is 0. The lowest BCUT2D eigenvalue weighted by molar-refractivity contribution is 0.465. The predicted molar refractivity (Wildman–Crippen MR) is 80.8 cm³/mol. The van der Waals surface area contributed by atoms with Crippen molar-refractivity contribution >= 4 is 5.69 Å². The fraction of sp³-hybridized carbons (Fsp3) is 0.235. The first-order valence-electron chi connectivity index (χ1n) is 6.58. The van der Waals surface area contributed by atoms with Crippen LogP contribution in [0, 0.1) is 25.2 Å². The van der Waals surface area contributed by atoms with Crippen LogP contribution in [0.4, 0.5) is 5.69 Å². The van der Waals surface area contributed by atoms with Gasteiger partial charge in [0.05, 0.1) is 17.3 Å². The van der Waals surface area contributed by atoms with Gasteiger partial charge in [-0.1, -0.05) is 24.3 Å². The van der Waals surface area contributed by atoms with Crippen molar-refractivity contribution in [3.05, 3.63) is 58.7 Å². The molecule has 0 bridgehead atoms. The van der Waals surface area contributed by atoms with Gasteiger partial charge >= 0.3 is 0 Å². The van der Waals surface area contributed by atoms with Gasteiger partial charge in [-0.05, 0) is 44.0 Å².